The maximum Gasteiger partial charge on any atom is 0.246 e. The van der Waals surface area contributed by atoms with Crippen LogP contribution in [-0.4, -0.2) is 65.7 Å². The van der Waals surface area contributed by atoms with E-state index >= 15 is 0 Å². The van der Waals surface area contributed by atoms with Crippen LogP contribution < -0.4 is 0 Å². The fourth-order valence-electron chi connectivity index (χ4n) is 4.81. The Morgan fingerprint density at radius 2 is 1.74 bits per heavy atom. The number of benzene rings is 2. The van der Waals surface area contributed by atoms with Crippen LogP contribution >= 0.6 is 15.9 Å². The zero-order valence-corrected chi connectivity index (χ0v) is 22.3. The van der Waals surface area contributed by atoms with Gasteiger partial charge in [0.2, 0.25) is 21.8 Å². The Kier molecular flexibility index (Phi) is 6.90. The number of carbonyl (C=O) groups excluding carboxylic acids is 2. The predicted molar refractivity (Wildman–Crippen MR) is 134 cm³/mol. The van der Waals surface area contributed by atoms with Gasteiger partial charge >= 0.3 is 0 Å². The summed E-state index contributed by atoms with van der Waals surface area (Å²) in [6.45, 7) is 7.72. The molecule has 2 aliphatic rings. The average Bonchev–Trinajstić information content (AvgIpc) is 2.78. The highest BCUT2D eigenvalue weighted by molar-refractivity contribution is 9.10. The number of rotatable bonds is 5. The van der Waals surface area contributed by atoms with Crippen molar-refractivity contribution in [1.82, 2.24) is 14.1 Å². The third-order valence-corrected chi connectivity index (χ3v) is 9.22. The summed E-state index contributed by atoms with van der Waals surface area (Å²) in [5.41, 5.74) is 2.42. The molecular formula is C25H30BrN3O4S. The predicted octanol–water partition coefficient (Wildman–Crippen LogP) is 3.48. The van der Waals surface area contributed by atoms with Crippen LogP contribution in [0.15, 0.2) is 51.8 Å². The Morgan fingerprint density at radius 3 is 2.38 bits per heavy atom. The van der Waals surface area contributed by atoms with Crippen molar-refractivity contribution < 1.29 is 18.0 Å². The molecule has 2 saturated heterocycles. The number of fused-ring (bicyclic) bond motifs is 1. The number of sulfonamides is 1. The van der Waals surface area contributed by atoms with Gasteiger partial charge in [-0.3, -0.25) is 9.59 Å². The zero-order valence-electron chi connectivity index (χ0n) is 19.9. The van der Waals surface area contributed by atoms with Gasteiger partial charge in [-0.25, -0.2) is 8.42 Å². The van der Waals surface area contributed by atoms with Gasteiger partial charge in [0.15, 0.2) is 0 Å². The molecule has 0 N–H and O–H groups in total. The van der Waals surface area contributed by atoms with E-state index < -0.39 is 22.2 Å². The summed E-state index contributed by atoms with van der Waals surface area (Å²) in [7, 11) is -3.88. The number of carbonyl (C=O) groups is 2. The number of halogens is 1. The van der Waals surface area contributed by atoms with Crippen molar-refractivity contribution in [2.24, 2.45) is 0 Å². The number of piperazine rings is 1. The molecule has 7 nitrogen and oxygen atoms in total. The van der Waals surface area contributed by atoms with Crippen LogP contribution in [0.5, 0.6) is 0 Å². The van der Waals surface area contributed by atoms with Crippen molar-refractivity contribution in [1.29, 1.82) is 0 Å². The van der Waals surface area contributed by atoms with E-state index in [0.717, 1.165) is 15.6 Å². The quantitative estimate of drug-likeness (QED) is 0.574. The largest absolute Gasteiger partial charge is 0.335 e. The normalized spacial score (nSPS) is 21.8. The number of amides is 2. The number of hydrogen-bond donors (Lipinski definition) is 0. The molecule has 9 heteroatoms. The van der Waals surface area contributed by atoms with Crippen molar-refractivity contribution in [2.75, 3.05) is 13.1 Å². The maximum atomic E-state index is 13.9. The molecule has 2 aromatic carbocycles. The van der Waals surface area contributed by atoms with E-state index in [-0.39, 0.29) is 42.3 Å². The first-order valence-corrected chi connectivity index (χ1v) is 13.7. The Morgan fingerprint density at radius 1 is 1.06 bits per heavy atom. The van der Waals surface area contributed by atoms with Gasteiger partial charge < -0.3 is 9.80 Å². The average molecular weight is 549 g/mol. The molecule has 182 valence electrons. The van der Waals surface area contributed by atoms with E-state index in [4.69, 9.17) is 0 Å². The first-order chi connectivity index (χ1) is 16.0. The SMILES string of the molecule is Cc1ccc(C)c(S(=O)(=O)N2CCC(=O)N3C(Cc4ccc(Br)cc4)C(=O)N(C(C)C)CC32)c1. The minimum absolute atomic E-state index is 0.0480. The Labute approximate surface area is 209 Å². The zero-order chi connectivity index (χ0) is 24.8. The van der Waals surface area contributed by atoms with Crippen molar-refractivity contribution >= 4 is 37.8 Å². The van der Waals surface area contributed by atoms with E-state index in [9.17, 15) is 18.0 Å². The lowest BCUT2D eigenvalue weighted by atomic mass is 9.97. The van der Waals surface area contributed by atoms with E-state index in [1.807, 2.05) is 51.1 Å². The second-order valence-corrected chi connectivity index (χ2v) is 12.1. The molecule has 2 fully saturated rings. The van der Waals surface area contributed by atoms with Gasteiger partial charge in [0, 0.05) is 29.9 Å². The molecule has 2 atom stereocenters. The topological polar surface area (TPSA) is 78.0 Å². The van der Waals surface area contributed by atoms with Crippen LogP contribution in [0.25, 0.3) is 0 Å². The minimum Gasteiger partial charge on any atom is -0.335 e. The number of aryl methyl sites for hydroxylation is 2. The molecule has 0 aliphatic carbocycles. The first-order valence-electron chi connectivity index (χ1n) is 11.5. The van der Waals surface area contributed by atoms with Crippen molar-refractivity contribution in [3.8, 4) is 0 Å². The molecule has 2 heterocycles. The van der Waals surface area contributed by atoms with Crippen LogP contribution in [0.4, 0.5) is 0 Å². The van der Waals surface area contributed by atoms with Crippen molar-refractivity contribution in [2.45, 2.75) is 63.7 Å². The standard InChI is InChI=1S/C25H30BrN3O4S/c1-16(2)27-15-23-28(34(32,33)22-13-17(3)5-6-18(22)4)12-11-24(30)29(23)21(25(27)31)14-19-7-9-20(26)10-8-19/h5-10,13,16,21,23H,11-12,14-15H2,1-4H3. The summed E-state index contributed by atoms with van der Waals surface area (Å²) in [5.74, 6) is -0.329. The van der Waals surface area contributed by atoms with E-state index in [2.05, 4.69) is 15.9 Å². The summed E-state index contributed by atoms with van der Waals surface area (Å²) in [4.78, 5) is 30.2. The van der Waals surface area contributed by atoms with Gasteiger partial charge in [-0.2, -0.15) is 4.31 Å². The second kappa shape index (κ2) is 9.43. The lowest BCUT2D eigenvalue weighted by Gasteiger charge is -2.52. The van der Waals surface area contributed by atoms with Crippen molar-refractivity contribution in [3.05, 3.63) is 63.6 Å². The van der Waals surface area contributed by atoms with Gasteiger partial charge in [0.1, 0.15) is 12.2 Å². The third kappa shape index (κ3) is 4.53. The van der Waals surface area contributed by atoms with Gasteiger partial charge in [-0.1, -0.05) is 40.2 Å². The lowest BCUT2D eigenvalue weighted by molar-refractivity contribution is -0.166. The molecule has 34 heavy (non-hydrogen) atoms. The molecule has 2 aromatic rings. The number of nitrogens with zero attached hydrogens (tertiary/aromatic N) is 3. The van der Waals surface area contributed by atoms with E-state index in [1.54, 1.807) is 24.0 Å². The maximum absolute atomic E-state index is 13.9. The van der Waals surface area contributed by atoms with Crippen molar-refractivity contribution in [3.63, 3.8) is 0 Å². The summed E-state index contributed by atoms with van der Waals surface area (Å²) < 4.78 is 30.1. The fourth-order valence-corrected chi connectivity index (χ4v) is 6.96. The summed E-state index contributed by atoms with van der Waals surface area (Å²) in [6.07, 6.45) is -0.367. The Balaban J connectivity index is 1.77. The van der Waals surface area contributed by atoms with Gasteiger partial charge in [0.25, 0.3) is 0 Å². The highest BCUT2D eigenvalue weighted by Crippen LogP contribution is 2.33. The summed E-state index contributed by atoms with van der Waals surface area (Å²) in [5, 5.41) is 0. The molecule has 2 amide bonds. The molecule has 2 unspecified atom stereocenters. The van der Waals surface area contributed by atoms with Crippen LogP contribution in [0.3, 0.4) is 0 Å². The number of hydrogen-bond acceptors (Lipinski definition) is 4. The van der Waals surface area contributed by atoms with Crippen LogP contribution in [0, 0.1) is 13.8 Å². The Bertz CT molecular complexity index is 1210. The Hall–Kier alpha value is -2.23. The third-order valence-electron chi connectivity index (χ3n) is 6.65. The molecule has 0 aromatic heterocycles. The highest BCUT2D eigenvalue weighted by atomic mass is 79.9. The fraction of sp³-hybridized carbons (Fsp3) is 0.440. The molecule has 0 radical (unpaired) electrons. The van der Waals surface area contributed by atoms with Crippen LogP contribution in [0.2, 0.25) is 0 Å². The molecule has 0 saturated carbocycles. The van der Waals surface area contributed by atoms with Gasteiger partial charge in [-0.15, -0.1) is 0 Å². The van der Waals surface area contributed by atoms with E-state index in [1.165, 1.54) is 9.21 Å². The molecule has 0 bridgehead atoms. The monoisotopic (exact) mass is 547 g/mol. The van der Waals surface area contributed by atoms with Crippen LogP contribution in [0.1, 0.15) is 37.0 Å². The molecule has 0 spiro atoms. The molecule has 4 rings (SSSR count). The van der Waals surface area contributed by atoms with Gasteiger partial charge in [0.05, 0.1) is 11.4 Å². The molecular weight excluding hydrogens is 518 g/mol. The first kappa shape index (κ1) is 24.9. The smallest absolute Gasteiger partial charge is 0.246 e. The summed E-state index contributed by atoms with van der Waals surface area (Å²) >= 11 is 3.43. The highest BCUT2D eigenvalue weighted by Gasteiger charge is 2.51. The minimum atomic E-state index is -3.88. The van der Waals surface area contributed by atoms with Crippen LogP contribution in [-0.2, 0) is 26.0 Å². The van der Waals surface area contributed by atoms with Gasteiger partial charge in [-0.05, 0) is 62.6 Å². The lowest BCUT2D eigenvalue weighted by Crippen LogP contribution is -2.72. The van der Waals surface area contributed by atoms with E-state index in [0.29, 0.717) is 12.0 Å². The molecule has 2 aliphatic heterocycles. The second-order valence-electron chi connectivity index (χ2n) is 9.35. The summed E-state index contributed by atoms with van der Waals surface area (Å²) in [6, 6.07) is 12.1.